The van der Waals surface area contributed by atoms with Gasteiger partial charge >= 0.3 is 11.9 Å². The third-order valence-corrected chi connectivity index (χ3v) is 6.72. The maximum atomic E-state index is 12.1. The molecule has 0 atom stereocenters. The SMILES string of the molecule is CC(C)(CCOCCOCCC(C)(C)CCC(=O)OCc1ccccc1)CCC(=O)OCc1ccccc1. The van der Waals surface area contributed by atoms with Gasteiger partial charge in [0.05, 0.1) is 13.2 Å². The molecule has 0 N–H and O–H groups in total. The van der Waals surface area contributed by atoms with E-state index in [0.717, 1.165) is 36.8 Å². The molecule has 0 aromatic heterocycles. The van der Waals surface area contributed by atoms with Gasteiger partial charge in [0, 0.05) is 26.1 Å². The predicted molar refractivity (Wildman–Crippen MR) is 149 cm³/mol. The average molecular weight is 527 g/mol. The molecule has 0 saturated heterocycles. The van der Waals surface area contributed by atoms with Gasteiger partial charge in [0.15, 0.2) is 0 Å². The Morgan fingerprint density at radius 2 is 0.921 bits per heavy atom. The predicted octanol–water partition coefficient (Wildman–Crippen LogP) is 6.90. The zero-order chi connectivity index (χ0) is 27.7. The summed E-state index contributed by atoms with van der Waals surface area (Å²) in [4.78, 5) is 24.1. The molecular weight excluding hydrogens is 480 g/mol. The summed E-state index contributed by atoms with van der Waals surface area (Å²) in [6.45, 7) is 11.6. The molecule has 0 radical (unpaired) electrons. The van der Waals surface area contributed by atoms with Crippen LogP contribution in [0.25, 0.3) is 0 Å². The molecule has 2 rings (SSSR count). The smallest absolute Gasteiger partial charge is 0.306 e. The van der Waals surface area contributed by atoms with E-state index in [1.807, 2.05) is 60.7 Å². The van der Waals surface area contributed by atoms with E-state index < -0.39 is 0 Å². The molecule has 2 aromatic rings. The quantitative estimate of drug-likeness (QED) is 0.146. The summed E-state index contributed by atoms with van der Waals surface area (Å²) < 4.78 is 22.3. The molecule has 0 unspecified atom stereocenters. The first-order valence-electron chi connectivity index (χ1n) is 13.7. The van der Waals surface area contributed by atoms with Gasteiger partial charge in [-0.05, 0) is 47.6 Å². The minimum Gasteiger partial charge on any atom is -0.461 e. The molecule has 6 heteroatoms. The first kappa shape index (κ1) is 31.5. The summed E-state index contributed by atoms with van der Waals surface area (Å²) in [5, 5.41) is 0. The van der Waals surface area contributed by atoms with Crippen molar-refractivity contribution in [3.8, 4) is 0 Å². The van der Waals surface area contributed by atoms with Crippen LogP contribution in [0.2, 0.25) is 0 Å². The summed E-state index contributed by atoms with van der Waals surface area (Å²) in [6, 6.07) is 19.4. The number of carbonyl (C=O) groups is 2. The van der Waals surface area contributed by atoms with E-state index in [4.69, 9.17) is 18.9 Å². The lowest BCUT2D eigenvalue weighted by atomic mass is 9.85. The second-order valence-corrected chi connectivity index (χ2v) is 11.3. The topological polar surface area (TPSA) is 71.1 Å². The Morgan fingerprint density at radius 1 is 0.553 bits per heavy atom. The van der Waals surface area contributed by atoms with Gasteiger partial charge in [-0.25, -0.2) is 0 Å². The molecule has 0 aliphatic carbocycles. The Hall–Kier alpha value is -2.70. The van der Waals surface area contributed by atoms with E-state index in [1.54, 1.807) is 0 Å². The zero-order valence-corrected chi connectivity index (χ0v) is 23.7. The Bertz CT molecular complexity index is 846. The van der Waals surface area contributed by atoms with Crippen molar-refractivity contribution in [3.05, 3.63) is 71.8 Å². The molecule has 38 heavy (non-hydrogen) atoms. The van der Waals surface area contributed by atoms with Gasteiger partial charge in [0.2, 0.25) is 0 Å². The van der Waals surface area contributed by atoms with Crippen LogP contribution in [-0.4, -0.2) is 38.4 Å². The Kier molecular flexibility index (Phi) is 14.1. The largest absolute Gasteiger partial charge is 0.461 e. The molecule has 0 amide bonds. The fourth-order valence-corrected chi connectivity index (χ4v) is 3.77. The molecule has 6 nitrogen and oxygen atoms in total. The second-order valence-electron chi connectivity index (χ2n) is 11.3. The van der Waals surface area contributed by atoms with Crippen molar-refractivity contribution in [2.24, 2.45) is 10.8 Å². The lowest BCUT2D eigenvalue weighted by Gasteiger charge is -2.24. The summed E-state index contributed by atoms with van der Waals surface area (Å²) in [5.74, 6) is -0.327. The van der Waals surface area contributed by atoms with E-state index in [2.05, 4.69) is 27.7 Å². The Balaban J connectivity index is 1.45. The molecule has 2 aromatic carbocycles. The van der Waals surface area contributed by atoms with Gasteiger partial charge in [-0.15, -0.1) is 0 Å². The van der Waals surface area contributed by atoms with Crippen molar-refractivity contribution in [1.29, 1.82) is 0 Å². The van der Waals surface area contributed by atoms with Crippen LogP contribution < -0.4 is 0 Å². The van der Waals surface area contributed by atoms with E-state index in [9.17, 15) is 9.59 Å². The number of ether oxygens (including phenoxy) is 4. The van der Waals surface area contributed by atoms with E-state index in [-0.39, 0.29) is 22.8 Å². The van der Waals surface area contributed by atoms with Gasteiger partial charge < -0.3 is 18.9 Å². The van der Waals surface area contributed by atoms with Crippen molar-refractivity contribution in [2.75, 3.05) is 26.4 Å². The molecule has 0 bridgehead atoms. The van der Waals surface area contributed by atoms with Crippen molar-refractivity contribution < 1.29 is 28.5 Å². The standard InChI is InChI=1S/C32H46O6/c1-31(2,17-15-29(33)37-25-27-11-7-5-8-12-27)19-21-35-23-24-36-22-20-32(3,4)18-16-30(34)38-26-28-13-9-6-10-14-28/h5-14H,15-26H2,1-4H3. The van der Waals surface area contributed by atoms with Crippen LogP contribution in [0.3, 0.4) is 0 Å². The number of benzene rings is 2. The van der Waals surface area contributed by atoms with Gasteiger partial charge in [-0.3, -0.25) is 9.59 Å². The van der Waals surface area contributed by atoms with Gasteiger partial charge in [0.25, 0.3) is 0 Å². The molecule has 0 saturated carbocycles. The highest BCUT2D eigenvalue weighted by molar-refractivity contribution is 5.69. The number of carbonyl (C=O) groups excluding carboxylic acids is 2. The minimum absolute atomic E-state index is 0.00110. The molecule has 210 valence electrons. The molecule has 0 aliphatic rings. The first-order chi connectivity index (χ1) is 18.2. The van der Waals surface area contributed by atoms with E-state index >= 15 is 0 Å². The number of esters is 2. The second kappa shape index (κ2) is 17.0. The Morgan fingerprint density at radius 3 is 1.29 bits per heavy atom. The van der Waals surface area contributed by atoms with Crippen molar-refractivity contribution in [3.63, 3.8) is 0 Å². The summed E-state index contributed by atoms with van der Waals surface area (Å²) in [7, 11) is 0. The van der Waals surface area contributed by atoms with Crippen LogP contribution >= 0.6 is 0 Å². The van der Waals surface area contributed by atoms with Crippen molar-refractivity contribution >= 4 is 11.9 Å². The van der Waals surface area contributed by atoms with Crippen LogP contribution in [0, 0.1) is 10.8 Å². The molecule has 0 aliphatic heterocycles. The maximum Gasteiger partial charge on any atom is 0.306 e. The van der Waals surface area contributed by atoms with E-state index in [1.165, 1.54) is 0 Å². The van der Waals surface area contributed by atoms with Crippen LogP contribution in [-0.2, 0) is 41.8 Å². The van der Waals surface area contributed by atoms with Crippen molar-refractivity contribution in [2.45, 2.75) is 79.4 Å². The van der Waals surface area contributed by atoms with Gasteiger partial charge in [-0.1, -0.05) is 88.4 Å². The lowest BCUT2D eigenvalue weighted by molar-refractivity contribution is -0.146. The highest BCUT2D eigenvalue weighted by Crippen LogP contribution is 2.28. The third-order valence-electron chi connectivity index (χ3n) is 6.72. The van der Waals surface area contributed by atoms with Crippen LogP contribution in [0.15, 0.2) is 60.7 Å². The van der Waals surface area contributed by atoms with Gasteiger partial charge in [0.1, 0.15) is 13.2 Å². The highest BCUT2D eigenvalue weighted by atomic mass is 16.5. The fourth-order valence-electron chi connectivity index (χ4n) is 3.77. The van der Waals surface area contributed by atoms with Crippen LogP contribution in [0.4, 0.5) is 0 Å². The third kappa shape index (κ3) is 14.9. The fraction of sp³-hybridized carbons (Fsp3) is 0.562. The highest BCUT2D eigenvalue weighted by Gasteiger charge is 2.21. The molecule has 0 spiro atoms. The number of hydrogen-bond donors (Lipinski definition) is 0. The van der Waals surface area contributed by atoms with Crippen LogP contribution in [0.1, 0.15) is 77.3 Å². The molecule has 0 heterocycles. The summed E-state index contributed by atoms with van der Waals surface area (Å²) in [5.41, 5.74) is 2.00. The summed E-state index contributed by atoms with van der Waals surface area (Å²) >= 11 is 0. The number of rotatable bonds is 19. The minimum atomic E-state index is -0.164. The number of hydrogen-bond acceptors (Lipinski definition) is 6. The van der Waals surface area contributed by atoms with E-state index in [0.29, 0.717) is 52.5 Å². The monoisotopic (exact) mass is 526 g/mol. The summed E-state index contributed by atoms with van der Waals surface area (Å²) in [6.07, 6.45) is 4.07. The maximum absolute atomic E-state index is 12.1. The first-order valence-corrected chi connectivity index (χ1v) is 13.7. The normalized spacial score (nSPS) is 11.8. The Labute approximate surface area is 229 Å². The lowest BCUT2D eigenvalue weighted by Crippen LogP contribution is -2.19. The average Bonchev–Trinajstić information content (AvgIpc) is 2.91. The zero-order valence-electron chi connectivity index (χ0n) is 23.7. The van der Waals surface area contributed by atoms with Crippen molar-refractivity contribution in [1.82, 2.24) is 0 Å². The molecule has 0 fully saturated rings. The van der Waals surface area contributed by atoms with Gasteiger partial charge in [-0.2, -0.15) is 0 Å². The van der Waals surface area contributed by atoms with Crippen LogP contribution in [0.5, 0.6) is 0 Å². The molecular formula is C32H46O6.